The zero-order valence-corrected chi connectivity index (χ0v) is 13.2. The number of aromatic hydroxyl groups is 1. The van der Waals surface area contributed by atoms with Crippen LogP contribution in [0.3, 0.4) is 0 Å². The topological polar surface area (TPSA) is 40.5 Å². The molecular formula is C20H24O2. The van der Waals surface area contributed by atoms with E-state index in [1.165, 1.54) is 11.1 Å². The molecular weight excluding hydrogens is 272 g/mol. The molecule has 116 valence electrons. The molecule has 0 unspecified atom stereocenters. The van der Waals surface area contributed by atoms with Crippen molar-refractivity contribution in [2.24, 2.45) is 17.3 Å². The van der Waals surface area contributed by atoms with Crippen molar-refractivity contribution < 1.29 is 10.2 Å². The zero-order valence-electron chi connectivity index (χ0n) is 13.2. The van der Waals surface area contributed by atoms with E-state index in [4.69, 9.17) is 6.42 Å². The molecule has 3 aliphatic carbocycles. The molecule has 0 bridgehead atoms. The van der Waals surface area contributed by atoms with Crippen LogP contribution >= 0.6 is 0 Å². The van der Waals surface area contributed by atoms with Gasteiger partial charge in [0.05, 0.1) is 0 Å². The number of phenols is 1. The summed E-state index contributed by atoms with van der Waals surface area (Å²) in [5.41, 5.74) is 1.69. The molecule has 2 heteroatoms. The molecule has 0 radical (unpaired) electrons. The van der Waals surface area contributed by atoms with E-state index in [2.05, 4.69) is 18.9 Å². The third kappa shape index (κ3) is 1.66. The predicted molar refractivity (Wildman–Crippen MR) is 86.5 cm³/mol. The Morgan fingerprint density at radius 2 is 2.05 bits per heavy atom. The fourth-order valence-corrected chi connectivity index (χ4v) is 5.82. The first-order chi connectivity index (χ1) is 10.5. The highest BCUT2D eigenvalue weighted by Gasteiger charge is 2.61. The van der Waals surface area contributed by atoms with Gasteiger partial charge in [0.2, 0.25) is 0 Å². The number of aliphatic hydroxyl groups is 1. The van der Waals surface area contributed by atoms with Gasteiger partial charge in [-0.2, -0.15) is 0 Å². The maximum Gasteiger partial charge on any atom is 0.130 e. The van der Waals surface area contributed by atoms with Gasteiger partial charge in [0, 0.05) is 5.41 Å². The number of terminal acetylenes is 1. The van der Waals surface area contributed by atoms with Crippen LogP contribution < -0.4 is 0 Å². The molecule has 3 aliphatic rings. The van der Waals surface area contributed by atoms with Crippen LogP contribution in [0.4, 0.5) is 0 Å². The normalized spacial score (nSPS) is 42.9. The Balaban J connectivity index is 1.72. The van der Waals surface area contributed by atoms with E-state index in [-0.39, 0.29) is 5.41 Å². The van der Waals surface area contributed by atoms with Crippen molar-refractivity contribution in [2.45, 2.75) is 57.0 Å². The van der Waals surface area contributed by atoms with Gasteiger partial charge >= 0.3 is 0 Å². The standard InChI is InChI=1S/C20H24O2/c1-3-20(22)11-9-18-17-6-4-13-12-14(21)5-7-15(13)16(17)8-10-19(18,20)2/h1,5,7,12,16-18,21-22H,4,6,8-11H2,2H3/t16-,17+,18+,19-,20+/m1/s1. The molecule has 2 saturated carbocycles. The third-order valence-electron chi connectivity index (χ3n) is 7.10. The lowest BCUT2D eigenvalue weighted by atomic mass is 9.53. The Hall–Kier alpha value is -1.46. The minimum atomic E-state index is -0.919. The lowest BCUT2D eigenvalue weighted by molar-refractivity contribution is -0.0646. The molecule has 0 aliphatic heterocycles. The summed E-state index contributed by atoms with van der Waals surface area (Å²) in [4.78, 5) is 0. The van der Waals surface area contributed by atoms with Crippen molar-refractivity contribution >= 4 is 0 Å². The van der Waals surface area contributed by atoms with Crippen LogP contribution in [0.5, 0.6) is 5.75 Å². The second-order valence-electron chi connectivity index (χ2n) is 7.80. The number of phenolic OH excluding ortho intramolecular Hbond substituents is 1. The van der Waals surface area contributed by atoms with Gasteiger partial charge in [0.1, 0.15) is 11.4 Å². The fourth-order valence-electron chi connectivity index (χ4n) is 5.82. The summed E-state index contributed by atoms with van der Waals surface area (Å²) in [6.45, 7) is 2.22. The van der Waals surface area contributed by atoms with Crippen molar-refractivity contribution in [3.8, 4) is 18.1 Å². The van der Waals surface area contributed by atoms with Crippen LogP contribution in [-0.2, 0) is 6.42 Å². The highest BCUT2D eigenvalue weighted by molar-refractivity contribution is 5.40. The summed E-state index contributed by atoms with van der Waals surface area (Å²) in [5.74, 6) is 4.82. The SMILES string of the molecule is C#C[C@]1(O)CC[C@H]2[C@H]3CCc4cc(O)ccc4[C@H]3CC[C@]21C. The second-order valence-corrected chi connectivity index (χ2v) is 7.80. The maximum atomic E-state index is 10.9. The average molecular weight is 296 g/mol. The molecule has 2 fully saturated rings. The van der Waals surface area contributed by atoms with E-state index in [1.807, 2.05) is 12.1 Å². The molecule has 1 aromatic rings. The summed E-state index contributed by atoms with van der Waals surface area (Å²) in [6, 6.07) is 5.87. The Morgan fingerprint density at radius 3 is 2.82 bits per heavy atom. The number of benzene rings is 1. The molecule has 22 heavy (non-hydrogen) atoms. The fraction of sp³-hybridized carbons (Fsp3) is 0.600. The van der Waals surface area contributed by atoms with Crippen molar-refractivity contribution in [3.63, 3.8) is 0 Å². The lowest BCUT2D eigenvalue weighted by Crippen LogP contribution is -2.50. The number of aryl methyl sites for hydroxylation is 1. The average Bonchev–Trinajstić information content (AvgIpc) is 2.79. The number of hydrogen-bond acceptors (Lipinski definition) is 2. The molecule has 5 atom stereocenters. The van der Waals surface area contributed by atoms with E-state index in [9.17, 15) is 10.2 Å². The Bertz CT molecular complexity index is 658. The van der Waals surface area contributed by atoms with Gasteiger partial charge in [0.25, 0.3) is 0 Å². The van der Waals surface area contributed by atoms with E-state index < -0.39 is 5.60 Å². The molecule has 2 N–H and O–H groups in total. The molecule has 2 nitrogen and oxygen atoms in total. The van der Waals surface area contributed by atoms with E-state index in [1.54, 1.807) is 0 Å². The van der Waals surface area contributed by atoms with Crippen LogP contribution in [0.1, 0.15) is 56.1 Å². The van der Waals surface area contributed by atoms with Crippen molar-refractivity contribution in [1.82, 2.24) is 0 Å². The van der Waals surface area contributed by atoms with Crippen LogP contribution in [0.2, 0.25) is 0 Å². The minimum absolute atomic E-state index is 0.128. The van der Waals surface area contributed by atoms with Crippen LogP contribution in [-0.4, -0.2) is 15.8 Å². The Labute approximate surface area is 132 Å². The lowest BCUT2D eigenvalue weighted by Gasteiger charge is -2.52. The monoisotopic (exact) mass is 296 g/mol. The molecule has 0 aromatic heterocycles. The predicted octanol–water partition coefficient (Wildman–Crippen LogP) is 3.61. The van der Waals surface area contributed by atoms with Gasteiger partial charge < -0.3 is 10.2 Å². The highest BCUT2D eigenvalue weighted by Crippen LogP contribution is 2.64. The van der Waals surface area contributed by atoms with Crippen LogP contribution in [0.25, 0.3) is 0 Å². The molecule has 1 aromatic carbocycles. The van der Waals surface area contributed by atoms with Crippen molar-refractivity contribution in [2.75, 3.05) is 0 Å². The van der Waals surface area contributed by atoms with Gasteiger partial charge in [0.15, 0.2) is 0 Å². The quantitative estimate of drug-likeness (QED) is 0.718. The van der Waals surface area contributed by atoms with Gasteiger partial charge in [-0.3, -0.25) is 0 Å². The van der Waals surface area contributed by atoms with Crippen molar-refractivity contribution in [3.05, 3.63) is 29.3 Å². The van der Waals surface area contributed by atoms with Gasteiger partial charge in [-0.25, -0.2) is 0 Å². The largest absolute Gasteiger partial charge is 0.508 e. The van der Waals surface area contributed by atoms with E-state index >= 15 is 0 Å². The smallest absolute Gasteiger partial charge is 0.130 e. The third-order valence-corrected chi connectivity index (χ3v) is 7.10. The Kier molecular flexibility index (Phi) is 2.91. The maximum absolute atomic E-state index is 10.9. The number of rotatable bonds is 0. The first-order valence-corrected chi connectivity index (χ1v) is 8.50. The first kappa shape index (κ1) is 14.2. The summed E-state index contributed by atoms with van der Waals surface area (Å²) < 4.78 is 0. The van der Waals surface area contributed by atoms with Gasteiger partial charge in [-0.15, -0.1) is 6.42 Å². The molecule has 0 heterocycles. The summed E-state index contributed by atoms with van der Waals surface area (Å²) >= 11 is 0. The summed E-state index contributed by atoms with van der Waals surface area (Å²) in [6.07, 6.45) is 11.8. The van der Waals surface area contributed by atoms with E-state index in [0.29, 0.717) is 23.5 Å². The molecule has 0 spiro atoms. The highest BCUT2D eigenvalue weighted by atomic mass is 16.3. The Morgan fingerprint density at radius 1 is 1.23 bits per heavy atom. The number of fused-ring (bicyclic) bond motifs is 5. The van der Waals surface area contributed by atoms with Crippen molar-refractivity contribution in [1.29, 1.82) is 0 Å². The van der Waals surface area contributed by atoms with Crippen LogP contribution in [0, 0.1) is 29.6 Å². The molecule has 0 saturated heterocycles. The summed E-state index contributed by atoms with van der Waals surface area (Å²) in [5, 5.41) is 20.6. The second kappa shape index (κ2) is 4.52. The van der Waals surface area contributed by atoms with E-state index in [0.717, 1.165) is 38.5 Å². The number of hydrogen-bond donors (Lipinski definition) is 2. The van der Waals surface area contributed by atoms with Gasteiger partial charge in [-0.1, -0.05) is 18.9 Å². The van der Waals surface area contributed by atoms with Crippen LogP contribution in [0.15, 0.2) is 18.2 Å². The minimum Gasteiger partial charge on any atom is -0.508 e. The molecule has 4 rings (SSSR count). The zero-order chi connectivity index (χ0) is 15.5. The first-order valence-electron chi connectivity index (χ1n) is 8.50. The molecule has 0 amide bonds. The summed E-state index contributed by atoms with van der Waals surface area (Å²) in [7, 11) is 0. The van der Waals surface area contributed by atoms with Gasteiger partial charge in [-0.05, 0) is 79.5 Å².